The van der Waals surface area contributed by atoms with Gasteiger partial charge in [0, 0.05) is 39.2 Å². The molecular formula is C16H26N4O3. The zero-order valence-corrected chi connectivity index (χ0v) is 14.2. The summed E-state index contributed by atoms with van der Waals surface area (Å²) in [7, 11) is 1.63. The minimum Gasteiger partial charge on any atom is -0.374 e. The average Bonchev–Trinajstić information content (AvgIpc) is 3.18. The van der Waals surface area contributed by atoms with Gasteiger partial charge in [-0.3, -0.25) is 9.69 Å². The quantitative estimate of drug-likeness (QED) is 0.817. The van der Waals surface area contributed by atoms with Crippen molar-refractivity contribution >= 4 is 5.91 Å². The smallest absolute Gasteiger partial charge is 0.240 e. The van der Waals surface area contributed by atoms with Crippen LogP contribution in [0, 0.1) is 11.8 Å². The maximum Gasteiger partial charge on any atom is 0.240 e. The van der Waals surface area contributed by atoms with Gasteiger partial charge < -0.3 is 14.2 Å². The molecule has 0 spiro atoms. The molecule has 1 aliphatic heterocycles. The van der Waals surface area contributed by atoms with E-state index in [1.165, 1.54) is 0 Å². The number of aromatic nitrogens is 2. The highest BCUT2D eigenvalue weighted by atomic mass is 16.5. The molecule has 2 heterocycles. The molecule has 7 heteroatoms. The van der Waals surface area contributed by atoms with Crippen LogP contribution in [0.25, 0.3) is 0 Å². The third kappa shape index (κ3) is 3.90. The van der Waals surface area contributed by atoms with Crippen LogP contribution in [0.2, 0.25) is 0 Å². The van der Waals surface area contributed by atoms with Gasteiger partial charge in [0.2, 0.25) is 11.8 Å². The number of methoxy groups -OCH3 is 1. The summed E-state index contributed by atoms with van der Waals surface area (Å²) < 4.78 is 10.5. The molecule has 1 saturated carbocycles. The largest absolute Gasteiger partial charge is 0.374 e. The van der Waals surface area contributed by atoms with Crippen LogP contribution >= 0.6 is 0 Å². The van der Waals surface area contributed by atoms with Gasteiger partial charge in [-0.15, -0.1) is 0 Å². The first-order chi connectivity index (χ1) is 11.1. The summed E-state index contributed by atoms with van der Waals surface area (Å²) in [5.41, 5.74) is 0. The lowest BCUT2D eigenvalue weighted by atomic mass is 10.3. The normalized spacial score (nSPS) is 26.8. The zero-order chi connectivity index (χ0) is 16.4. The van der Waals surface area contributed by atoms with Crippen LogP contribution in [0.1, 0.15) is 44.5 Å². The summed E-state index contributed by atoms with van der Waals surface area (Å²) in [6.45, 7) is 8.12. The van der Waals surface area contributed by atoms with Gasteiger partial charge >= 0.3 is 0 Å². The molecule has 1 saturated heterocycles. The van der Waals surface area contributed by atoms with Gasteiger partial charge in [-0.2, -0.15) is 4.98 Å². The van der Waals surface area contributed by atoms with Crippen LogP contribution < -0.4 is 0 Å². The van der Waals surface area contributed by atoms with Crippen LogP contribution in [0.3, 0.4) is 0 Å². The number of nitrogens with zero attached hydrogens (tertiary/aromatic N) is 4. The Labute approximate surface area is 137 Å². The number of carbonyl (C=O) groups is 1. The molecule has 0 bridgehead atoms. The first-order valence-electron chi connectivity index (χ1n) is 8.45. The molecule has 1 aliphatic carbocycles. The van der Waals surface area contributed by atoms with Gasteiger partial charge in [0.25, 0.3) is 0 Å². The van der Waals surface area contributed by atoms with E-state index in [9.17, 15) is 4.79 Å². The molecule has 3 rings (SSSR count). The number of hydrogen-bond acceptors (Lipinski definition) is 6. The van der Waals surface area contributed by atoms with Crippen molar-refractivity contribution in [1.82, 2.24) is 19.9 Å². The van der Waals surface area contributed by atoms with Gasteiger partial charge in [0.1, 0.15) is 6.10 Å². The maximum absolute atomic E-state index is 12.4. The second-order valence-electron chi connectivity index (χ2n) is 6.70. The molecule has 1 aromatic rings. The molecule has 7 nitrogen and oxygen atoms in total. The van der Waals surface area contributed by atoms with Crippen molar-refractivity contribution in [3.63, 3.8) is 0 Å². The lowest BCUT2D eigenvalue weighted by Crippen LogP contribution is -2.36. The van der Waals surface area contributed by atoms with E-state index in [0.29, 0.717) is 30.1 Å². The third-order valence-corrected chi connectivity index (χ3v) is 4.89. The van der Waals surface area contributed by atoms with E-state index < -0.39 is 0 Å². The van der Waals surface area contributed by atoms with Crippen molar-refractivity contribution in [2.75, 3.05) is 33.3 Å². The Kier molecular flexibility index (Phi) is 4.96. The summed E-state index contributed by atoms with van der Waals surface area (Å²) in [5, 5.41) is 3.96. The maximum atomic E-state index is 12.4. The van der Waals surface area contributed by atoms with Crippen LogP contribution in [0.5, 0.6) is 0 Å². The van der Waals surface area contributed by atoms with Crippen LogP contribution in [0.15, 0.2) is 4.52 Å². The van der Waals surface area contributed by atoms with Crippen LogP contribution in [-0.4, -0.2) is 59.1 Å². The summed E-state index contributed by atoms with van der Waals surface area (Å²) >= 11 is 0. The van der Waals surface area contributed by atoms with E-state index in [2.05, 4.69) is 22.0 Å². The van der Waals surface area contributed by atoms with E-state index in [0.717, 1.165) is 39.0 Å². The highest BCUT2D eigenvalue weighted by Gasteiger charge is 2.41. The van der Waals surface area contributed by atoms with Crippen molar-refractivity contribution < 1.29 is 14.1 Å². The van der Waals surface area contributed by atoms with Crippen molar-refractivity contribution in [2.45, 2.75) is 39.3 Å². The molecule has 0 aromatic carbocycles. The number of rotatable bonds is 5. The molecule has 2 aliphatic rings. The fraction of sp³-hybridized carbons (Fsp3) is 0.812. The van der Waals surface area contributed by atoms with Gasteiger partial charge in [-0.25, -0.2) is 0 Å². The second kappa shape index (κ2) is 6.97. The molecule has 1 amide bonds. The van der Waals surface area contributed by atoms with Gasteiger partial charge in [0.15, 0.2) is 5.82 Å². The molecular weight excluding hydrogens is 296 g/mol. The second-order valence-corrected chi connectivity index (χ2v) is 6.70. The van der Waals surface area contributed by atoms with E-state index in [1.807, 2.05) is 11.8 Å². The highest BCUT2D eigenvalue weighted by molar-refractivity contribution is 5.81. The first kappa shape index (κ1) is 16.4. The Morgan fingerprint density at radius 3 is 2.87 bits per heavy atom. The standard InChI is InChI=1S/C16H26N4O3/c1-11-9-13(11)16(21)20-6-4-5-19(7-8-20)10-14-17-15(18-23-14)12(2)22-3/h11-13H,4-10H2,1-3H3/t11-,12-,13-/m1/s1. The number of ether oxygens (including phenoxy) is 1. The van der Waals surface area contributed by atoms with Gasteiger partial charge in [-0.05, 0) is 25.7 Å². The Morgan fingerprint density at radius 1 is 1.39 bits per heavy atom. The Morgan fingerprint density at radius 2 is 2.17 bits per heavy atom. The molecule has 23 heavy (non-hydrogen) atoms. The molecule has 0 unspecified atom stereocenters. The summed E-state index contributed by atoms with van der Waals surface area (Å²) in [5.74, 6) is 2.38. The fourth-order valence-corrected chi connectivity index (χ4v) is 3.04. The van der Waals surface area contributed by atoms with Crippen molar-refractivity contribution in [3.05, 3.63) is 11.7 Å². The fourth-order valence-electron chi connectivity index (χ4n) is 3.04. The zero-order valence-electron chi connectivity index (χ0n) is 14.2. The molecule has 3 atom stereocenters. The lowest BCUT2D eigenvalue weighted by Gasteiger charge is -2.21. The Balaban J connectivity index is 1.52. The van der Waals surface area contributed by atoms with Crippen molar-refractivity contribution in [1.29, 1.82) is 0 Å². The van der Waals surface area contributed by atoms with E-state index in [4.69, 9.17) is 9.26 Å². The number of hydrogen-bond donors (Lipinski definition) is 0. The number of carbonyl (C=O) groups excluding carboxylic acids is 1. The highest BCUT2D eigenvalue weighted by Crippen LogP contribution is 2.39. The topological polar surface area (TPSA) is 71.7 Å². The average molecular weight is 322 g/mol. The predicted octanol–water partition coefficient (Wildman–Crippen LogP) is 1.47. The molecule has 0 N–H and O–H groups in total. The monoisotopic (exact) mass is 322 g/mol. The van der Waals surface area contributed by atoms with E-state index in [-0.39, 0.29) is 12.0 Å². The van der Waals surface area contributed by atoms with Crippen LogP contribution in [0.4, 0.5) is 0 Å². The summed E-state index contributed by atoms with van der Waals surface area (Å²) in [6.07, 6.45) is 1.88. The van der Waals surface area contributed by atoms with E-state index >= 15 is 0 Å². The van der Waals surface area contributed by atoms with Crippen LogP contribution in [-0.2, 0) is 16.1 Å². The summed E-state index contributed by atoms with van der Waals surface area (Å²) in [6, 6.07) is 0. The van der Waals surface area contributed by atoms with Gasteiger partial charge in [-0.1, -0.05) is 12.1 Å². The minimum absolute atomic E-state index is 0.162. The lowest BCUT2D eigenvalue weighted by molar-refractivity contribution is -0.132. The van der Waals surface area contributed by atoms with Crippen molar-refractivity contribution in [3.8, 4) is 0 Å². The molecule has 2 fully saturated rings. The Bertz CT molecular complexity index is 547. The molecule has 0 radical (unpaired) electrons. The minimum atomic E-state index is -0.162. The van der Waals surface area contributed by atoms with E-state index in [1.54, 1.807) is 7.11 Å². The third-order valence-electron chi connectivity index (χ3n) is 4.89. The predicted molar refractivity (Wildman–Crippen MR) is 83.5 cm³/mol. The Hall–Kier alpha value is -1.47. The molecule has 128 valence electrons. The summed E-state index contributed by atoms with van der Waals surface area (Å²) in [4.78, 5) is 21.0. The van der Waals surface area contributed by atoms with Gasteiger partial charge in [0.05, 0.1) is 6.54 Å². The molecule has 1 aromatic heterocycles. The van der Waals surface area contributed by atoms with Crippen molar-refractivity contribution in [2.24, 2.45) is 11.8 Å². The first-order valence-corrected chi connectivity index (χ1v) is 8.45. The number of amides is 1. The SMILES string of the molecule is CO[C@H](C)c1noc(CN2CCCN(C(=O)[C@@H]3C[C@H]3C)CC2)n1.